The van der Waals surface area contributed by atoms with Crippen molar-refractivity contribution in [1.82, 2.24) is 18.7 Å². The van der Waals surface area contributed by atoms with E-state index in [1.165, 1.54) is 48.7 Å². The molecule has 0 aliphatic heterocycles. The fourth-order valence-electron chi connectivity index (χ4n) is 3.15. The molecule has 0 saturated carbocycles. The van der Waals surface area contributed by atoms with Gasteiger partial charge in [-0.25, -0.2) is 13.2 Å². The maximum Gasteiger partial charge on any atom is 0.346 e. The molecule has 10 nitrogen and oxygen atoms in total. The molecule has 0 aliphatic carbocycles. The highest BCUT2D eigenvalue weighted by atomic mass is 35.5. The molecule has 0 radical (unpaired) electrons. The van der Waals surface area contributed by atoms with Gasteiger partial charge in [0.25, 0.3) is 15.6 Å². The number of halogens is 1. The topological polar surface area (TPSA) is 144 Å². The minimum atomic E-state index is -4.63. The largest absolute Gasteiger partial charge is 0.480 e. The number of aliphatic carboxylic acids is 1. The van der Waals surface area contributed by atoms with Gasteiger partial charge in [-0.05, 0) is 42.0 Å². The Kier molecular flexibility index (Phi) is 4.99. The number of aromatic amines is 1. The van der Waals surface area contributed by atoms with Crippen LogP contribution in [0.5, 0.6) is 0 Å². The van der Waals surface area contributed by atoms with Gasteiger partial charge >= 0.3 is 11.7 Å². The second kappa shape index (κ2) is 7.52. The third-order valence-electron chi connectivity index (χ3n) is 4.57. The van der Waals surface area contributed by atoms with Crippen molar-refractivity contribution in [2.75, 3.05) is 0 Å². The number of nitrogens with zero attached hydrogens (tertiary/aromatic N) is 3. The van der Waals surface area contributed by atoms with Gasteiger partial charge in [-0.15, -0.1) is 3.97 Å². The van der Waals surface area contributed by atoms with E-state index in [9.17, 15) is 27.9 Å². The van der Waals surface area contributed by atoms with E-state index < -0.39 is 33.8 Å². The lowest BCUT2D eigenvalue weighted by Gasteiger charge is -2.13. The molecule has 2 heterocycles. The summed E-state index contributed by atoms with van der Waals surface area (Å²) in [4.78, 5) is 36.9. The molecule has 2 aromatic carbocycles. The molecule has 0 saturated heterocycles. The third-order valence-corrected chi connectivity index (χ3v) is 6.47. The van der Waals surface area contributed by atoms with Crippen LogP contribution in [0.3, 0.4) is 0 Å². The molecule has 31 heavy (non-hydrogen) atoms. The highest BCUT2D eigenvalue weighted by molar-refractivity contribution is 7.90. The molecule has 4 rings (SSSR count). The van der Waals surface area contributed by atoms with Gasteiger partial charge in [0.2, 0.25) is 0 Å². The van der Waals surface area contributed by atoms with Crippen molar-refractivity contribution in [3.05, 3.63) is 80.6 Å². The number of hydrogen-bond donors (Lipinski definition) is 2. The van der Waals surface area contributed by atoms with Gasteiger partial charge in [-0.2, -0.15) is 5.10 Å². The van der Waals surface area contributed by atoms with Gasteiger partial charge in [-0.1, -0.05) is 23.7 Å². The number of benzene rings is 2. The zero-order valence-corrected chi connectivity index (χ0v) is 17.1. The molecule has 0 aliphatic rings. The molecule has 0 bridgehead atoms. The first-order valence-electron chi connectivity index (χ1n) is 8.72. The van der Waals surface area contributed by atoms with Crippen LogP contribution < -0.4 is 11.2 Å². The molecule has 0 spiro atoms. The van der Waals surface area contributed by atoms with E-state index in [0.717, 1.165) is 0 Å². The van der Waals surface area contributed by atoms with E-state index >= 15 is 0 Å². The predicted octanol–water partition coefficient (Wildman–Crippen LogP) is 1.53. The number of H-pyrrole nitrogens is 1. The second-order valence-electron chi connectivity index (χ2n) is 6.49. The minimum absolute atomic E-state index is 0.0668. The second-order valence-corrected chi connectivity index (χ2v) is 8.72. The van der Waals surface area contributed by atoms with Crippen molar-refractivity contribution in [3.8, 4) is 11.3 Å². The van der Waals surface area contributed by atoms with Crippen LogP contribution in [0.25, 0.3) is 22.2 Å². The van der Waals surface area contributed by atoms with Crippen molar-refractivity contribution in [1.29, 1.82) is 0 Å². The van der Waals surface area contributed by atoms with Crippen LogP contribution in [0.15, 0.2) is 69.2 Å². The number of nitrogens with one attached hydrogen (secondary N) is 1. The van der Waals surface area contributed by atoms with Crippen molar-refractivity contribution < 1.29 is 18.3 Å². The smallest absolute Gasteiger partial charge is 0.346 e. The Labute approximate surface area is 179 Å². The summed E-state index contributed by atoms with van der Waals surface area (Å²) in [6.45, 7) is -0.857. The highest BCUT2D eigenvalue weighted by Crippen LogP contribution is 2.21. The molecular formula is C19H13ClN4O6S. The predicted molar refractivity (Wildman–Crippen MR) is 112 cm³/mol. The Morgan fingerprint density at radius 3 is 2.42 bits per heavy atom. The summed E-state index contributed by atoms with van der Waals surface area (Å²) >= 11 is 5.92. The molecule has 0 unspecified atom stereocenters. The Balaban J connectivity index is 1.96. The highest BCUT2D eigenvalue weighted by Gasteiger charge is 2.26. The molecular weight excluding hydrogens is 448 g/mol. The minimum Gasteiger partial charge on any atom is -0.480 e. The Hall–Kier alpha value is -3.70. The van der Waals surface area contributed by atoms with E-state index in [1.54, 1.807) is 6.07 Å². The van der Waals surface area contributed by atoms with Crippen molar-refractivity contribution in [3.63, 3.8) is 0 Å². The van der Waals surface area contributed by atoms with Crippen LogP contribution in [0, 0.1) is 0 Å². The van der Waals surface area contributed by atoms with E-state index in [-0.39, 0.29) is 24.8 Å². The molecule has 2 aromatic heterocycles. The number of carboxylic acids is 1. The van der Waals surface area contributed by atoms with Gasteiger partial charge in [-0.3, -0.25) is 19.3 Å². The van der Waals surface area contributed by atoms with Gasteiger partial charge in [0.15, 0.2) is 0 Å². The number of hydrogen-bond acceptors (Lipinski definition) is 6. The van der Waals surface area contributed by atoms with Gasteiger partial charge < -0.3 is 5.11 Å². The van der Waals surface area contributed by atoms with Gasteiger partial charge in [0, 0.05) is 11.2 Å². The average Bonchev–Trinajstić information content (AvgIpc) is 3.26. The third kappa shape index (κ3) is 3.53. The number of fused-ring (bicyclic) bond motifs is 1. The average molecular weight is 461 g/mol. The lowest BCUT2D eigenvalue weighted by molar-refractivity contribution is -0.137. The number of rotatable bonds is 5. The number of aromatic nitrogens is 4. The SMILES string of the molecule is O=C(O)Cn1c(=O)n(S(=O)(=O)c2ccc(-c3ccn[nH]3)cc2)c(=O)c2ccc(Cl)cc21. The monoisotopic (exact) mass is 460 g/mol. The van der Waals surface area contributed by atoms with Crippen molar-refractivity contribution in [2.24, 2.45) is 0 Å². The van der Waals surface area contributed by atoms with E-state index in [1.807, 2.05) is 0 Å². The maximum atomic E-state index is 13.2. The van der Waals surface area contributed by atoms with Crippen LogP contribution in [0.4, 0.5) is 0 Å². The number of carbonyl (C=O) groups is 1. The van der Waals surface area contributed by atoms with Crippen LogP contribution in [-0.4, -0.2) is 38.2 Å². The standard InChI is InChI=1S/C19H13ClN4O6S/c20-12-3-6-14-16(9-12)23(10-17(25)26)19(28)24(18(14)27)31(29,30)13-4-1-11(2-5-13)15-7-8-21-22-15/h1-9H,10H2,(H,21,22)(H,25,26). The quantitative estimate of drug-likeness (QED) is 0.459. The molecule has 2 N–H and O–H groups in total. The first kappa shape index (κ1) is 20.6. The van der Waals surface area contributed by atoms with Crippen LogP contribution in [0.2, 0.25) is 5.02 Å². The zero-order valence-electron chi connectivity index (χ0n) is 15.5. The van der Waals surface area contributed by atoms with Crippen LogP contribution >= 0.6 is 11.6 Å². The Morgan fingerprint density at radius 1 is 1.10 bits per heavy atom. The lowest BCUT2D eigenvalue weighted by atomic mass is 10.2. The van der Waals surface area contributed by atoms with E-state index in [2.05, 4.69) is 10.2 Å². The summed E-state index contributed by atoms with van der Waals surface area (Å²) in [5.74, 6) is -1.39. The lowest BCUT2D eigenvalue weighted by Crippen LogP contribution is -2.44. The Morgan fingerprint density at radius 2 is 1.81 bits per heavy atom. The first-order valence-corrected chi connectivity index (χ1v) is 10.5. The molecule has 158 valence electrons. The van der Waals surface area contributed by atoms with Crippen molar-refractivity contribution >= 4 is 38.5 Å². The molecule has 12 heteroatoms. The van der Waals surface area contributed by atoms with Crippen LogP contribution in [0.1, 0.15) is 0 Å². The fraction of sp³-hybridized carbons (Fsp3) is 0.0526. The van der Waals surface area contributed by atoms with Crippen LogP contribution in [-0.2, 0) is 21.4 Å². The number of carboxylic acid groups (broad SMARTS) is 1. The fourth-order valence-corrected chi connectivity index (χ4v) is 4.62. The van der Waals surface area contributed by atoms with E-state index in [4.69, 9.17) is 11.6 Å². The molecule has 0 fully saturated rings. The normalized spacial score (nSPS) is 11.6. The molecule has 0 amide bonds. The maximum absolute atomic E-state index is 13.2. The summed E-state index contributed by atoms with van der Waals surface area (Å²) in [6, 6.07) is 11.0. The Bertz CT molecular complexity index is 1540. The van der Waals surface area contributed by atoms with Gasteiger partial charge in [0.1, 0.15) is 6.54 Å². The van der Waals surface area contributed by atoms with E-state index in [0.29, 0.717) is 15.8 Å². The summed E-state index contributed by atoms with van der Waals surface area (Å²) < 4.78 is 27.1. The summed E-state index contributed by atoms with van der Waals surface area (Å²) in [5.41, 5.74) is -1.20. The van der Waals surface area contributed by atoms with Gasteiger partial charge in [0.05, 0.1) is 21.5 Å². The molecule has 4 aromatic rings. The van der Waals surface area contributed by atoms with Crippen molar-refractivity contribution in [2.45, 2.75) is 11.4 Å². The zero-order chi connectivity index (χ0) is 22.3. The first-order chi connectivity index (χ1) is 14.7. The summed E-state index contributed by atoms with van der Waals surface area (Å²) in [7, 11) is -4.63. The summed E-state index contributed by atoms with van der Waals surface area (Å²) in [6.07, 6.45) is 1.53. The molecule has 0 atom stereocenters. The summed E-state index contributed by atoms with van der Waals surface area (Å²) in [5, 5.41) is 15.7.